The van der Waals surface area contributed by atoms with Crippen LogP contribution in [-0.4, -0.2) is 32.2 Å². The lowest BCUT2D eigenvalue weighted by molar-refractivity contribution is -0.137. The molecular formula is C25H20F3N5O. The zero-order valence-corrected chi connectivity index (χ0v) is 18.5. The fourth-order valence-corrected chi connectivity index (χ4v) is 4.30. The molecule has 2 aromatic carbocycles. The second kappa shape index (κ2) is 7.79. The Morgan fingerprint density at radius 2 is 1.88 bits per heavy atom. The van der Waals surface area contributed by atoms with E-state index in [1.807, 2.05) is 32.0 Å². The van der Waals surface area contributed by atoms with Gasteiger partial charge in [0.25, 0.3) is 5.91 Å². The number of fused-ring (bicyclic) bond motifs is 2. The van der Waals surface area contributed by atoms with Crippen molar-refractivity contribution >= 4 is 28.6 Å². The molecule has 0 radical (unpaired) electrons. The number of benzene rings is 2. The van der Waals surface area contributed by atoms with Crippen molar-refractivity contribution < 1.29 is 18.0 Å². The zero-order chi connectivity index (χ0) is 24.2. The summed E-state index contributed by atoms with van der Waals surface area (Å²) in [5, 5.41) is 4.76. The van der Waals surface area contributed by atoms with Gasteiger partial charge in [0.1, 0.15) is 5.69 Å². The summed E-state index contributed by atoms with van der Waals surface area (Å²) in [5.41, 5.74) is 4.09. The monoisotopic (exact) mass is 463 g/mol. The summed E-state index contributed by atoms with van der Waals surface area (Å²) in [5.74, 6) is 0.277. The summed E-state index contributed by atoms with van der Waals surface area (Å²) in [7, 11) is 0. The Morgan fingerprint density at radius 1 is 1.09 bits per heavy atom. The molecule has 3 heterocycles. The van der Waals surface area contributed by atoms with E-state index in [0.717, 1.165) is 28.9 Å². The maximum atomic E-state index is 13.2. The molecule has 0 saturated heterocycles. The Kier molecular flexibility index (Phi) is 5.00. The predicted molar refractivity (Wildman–Crippen MR) is 123 cm³/mol. The summed E-state index contributed by atoms with van der Waals surface area (Å²) in [4.78, 5) is 23.7. The van der Waals surface area contributed by atoms with E-state index in [-0.39, 0.29) is 5.91 Å². The lowest BCUT2D eigenvalue weighted by Gasteiger charge is -2.29. The molecular weight excluding hydrogens is 443 g/mol. The number of carbonyl (C=O) groups excluding carboxylic acids is 1. The molecule has 0 unspecified atom stereocenters. The number of halogens is 3. The Balaban J connectivity index is 1.47. The minimum absolute atomic E-state index is 0.123. The van der Waals surface area contributed by atoms with Gasteiger partial charge in [0.2, 0.25) is 0 Å². The molecule has 4 aromatic rings. The second-order valence-electron chi connectivity index (χ2n) is 8.21. The van der Waals surface area contributed by atoms with Crippen LogP contribution < -0.4 is 4.90 Å². The maximum Gasteiger partial charge on any atom is 0.416 e. The Morgan fingerprint density at radius 3 is 2.59 bits per heavy atom. The van der Waals surface area contributed by atoms with E-state index in [2.05, 4.69) is 21.6 Å². The van der Waals surface area contributed by atoms with Crippen LogP contribution in [0.3, 0.4) is 0 Å². The number of rotatable bonds is 3. The van der Waals surface area contributed by atoms with Gasteiger partial charge in [0.05, 0.1) is 23.3 Å². The number of anilines is 1. The van der Waals surface area contributed by atoms with Crippen LogP contribution in [0, 0.1) is 13.8 Å². The number of hydrogen-bond donors (Lipinski definition) is 0. The first-order valence-electron chi connectivity index (χ1n) is 10.6. The average molecular weight is 463 g/mol. The summed E-state index contributed by atoms with van der Waals surface area (Å²) < 4.78 is 40.6. The molecule has 172 valence electrons. The third-order valence-corrected chi connectivity index (χ3v) is 6.06. The van der Waals surface area contributed by atoms with Crippen molar-refractivity contribution in [3.63, 3.8) is 0 Å². The molecule has 0 saturated carbocycles. The minimum atomic E-state index is -4.42. The number of amides is 1. The van der Waals surface area contributed by atoms with E-state index in [0.29, 0.717) is 46.8 Å². The highest BCUT2D eigenvalue weighted by atomic mass is 19.4. The third kappa shape index (κ3) is 3.53. The lowest BCUT2D eigenvalue weighted by Crippen LogP contribution is -2.41. The van der Waals surface area contributed by atoms with Crippen LogP contribution in [0.2, 0.25) is 0 Å². The highest BCUT2D eigenvalue weighted by Crippen LogP contribution is 2.33. The van der Waals surface area contributed by atoms with Crippen molar-refractivity contribution in [2.24, 2.45) is 0 Å². The molecule has 2 aromatic heterocycles. The molecule has 9 heteroatoms. The van der Waals surface area contributed by atoms with E-state index in [1.165, 1.54) is 12.3 Å². The summed E-state index contributed by atoms with van der Waals surface area (Å²) in [6, 6.07) is 8.94. The number of aryl methyl sites for hydroxylation is 1. The smallest absolute Gasteiger partial charge is 0.305 e. The van der Waals surface area contributed by atoms with Crippen LogP contribution in [0.1, 0.15) is 32.9 Å². The van der Waals surface area contributed by atoms with Gasteiger partial charge in [-0.25, -0.2) is 9.97 Å². The average Bonchev–Trinajstić information content (AvgIpc) is 3.14. The molecule has 0 atom stereocenters. The standard InChI is InChI=1S/C25H20F3N5O/c1-4-19-15(3)22-24(34)32(9-10-33(22)31-19)21-8-5-16(11-14(21)2)23-29-13-17-12-18(25(26,27)28)6-7-20(17)30-23/h4-8,11-13H,1,9-10H2,2-3H3. The number of alkyl halides is 3. The van der Waals surface area contributed by atoms with Gasteiger partial charge in [0.15, 0.2) is 5.82 Å². The number of hydrogen-bond acceptors (Lipinski definition) is 4. The quantitative estimate of drug-likeness (QED) is 0.406. The lowest BCUT2D eigenvalue weighted by atomic mass is 10.1. The number of carbonyl (C=O) groups is 1. The fraction of sp³-hybridized carbons (Fsp3) is 0.200. The normalized spacial score (nSPS) is 13.9. The molecule has 34 heavy (non-hydrogen) atoms. The van der Waals surface area contributed by atoms with E-state index in [4.69, 9.17) is 0 Å². The van der Waals surface area contributed by atoms with Gasteiger partial charge in [-0.3, -0.25) is 9.48 Å². The first-order valence-corrected chi connectivity index (χ1v) is 10.6. The topological polar surface area (TPSA) is 63.9 Å². The van der Waals surface area contributed by atoms with Crippen molar-refractivity contribution in [1.29, 1.82) is 0 Å². The summed E-state index contributed by atoms with van der Waals surface area (Å²) >= 11 is 0. The third-order valence-electron chi connectivity index (χ3n) is 6.06. The molecule has 0 N–H and O–H groups in total. The highest BCUT2D eigenvalue weighted by Gasteiger charge is 2.31. The molecule has 0 fully saturated rings. The Hall–Kier alpha value is -4.01. The van der Waals surface area contributed by atoms with E-state index in [9.17, 15) is 18.0 Å². The van der Waals surface area contributed by atoms with Gasteiger partial charge < -0.3 is 4.90 Å². The maximum absolute atomic E-state index is 13.2. The summed E-state index contributed by atoms with van der Waals surface area (Å²) in [6.45, 7) is 8.58. The van der Waals surface area contributed by atoms with Crippen LogP contribution >= 0.6 is 0 Å². The molecule has 1 aliphatic rings. The first kappa shape index (κ1) is 21.8. The zero-order valence-electron chi connectivity index (χ0n) is 18.5. The Bertz CT molecular complexity index is 1470. The van der Waals surface area contributed by atoms with Crippen LogP contribution in [-0.2, 0) is 12.7 Å². The minimum Gasteiger partial charge on any atom is -0.305 e. The van der Waals surface area contributed by atoms with Crippen LogP contribution in [0.4, 0.5) is 18.9 Å². The van der Waals surface area contributed by atoms with Crippen molar-refractivity contribution in [2.75, 3.05) is 11.4 Å². The summed E-state index contributed by atoms with van der Waals surface area (Å²) in [6.07, 6.45) is -1.38. The van der Waals surface area contributed by atoms with Gasteiger partial charge in [-0.05, 0) is 61.9 Å². The van der Waals surface area contributed by atoms with Crippen molar-refractivity contribution in [3.05, 3.63) is 77.3 Å². The predicted octanol–water partition coefficient (Wildman–Crippen LogP) is 5.43. The van der Waals surface area contributed by atoms with Gasteiger partial charge in [-0.1, -0.05) is 6.58 Å². The molecule has 5 rings (SSSR count). The largest absolute Gasteiger partial charge is 0.416 e. The van der Waals surface area contributed by atoms with E-state index in [1.54, 1.807) is 15.7 Å². The molecule has 0 aliphatic carbocycles. The van der Waals surface area contributed by atoms with Crippen molar-refractivity contribution in [1.82, 2.24) is 19.7 Å². The number of aromatic nitrogens is 4. The second-order valence-corrected chi connectivity index (χ2v) is 8.21. The molecule has 6 nitrogen and oxygen atoms in total. The SMILES string of the molecule is C=Cc1nn2c(c1C)C(=O)N(c1ccc(-c3ncc4cc(C(F)(F)F)ccc4n3)cc1C)CC2. The molecule has 0 bridgehead atoms. The van der Waals surface area contributed by atoms with Crippen LogP contribution in [0.5, 0.6) is 0 Å². The van der Waals surface area contributed by atoms with Gasteiger partial charge in [-0.2, -0.15) is 18.3 Å². The van der Waals surface area contributed by atoms with Gasteiger partial charge in [-0.15, -0.1) is 0 Å². The van der Waals surface area contributed by atoms with Crippen molar-refractivity contribution in [2.45, 2.75) is 26.6 Å². The highest BCUT2D eigenvalue weighted by molar-refractivity contribution is 6.07. The Labute approximate surface area is 193 Å². The van der Waals surface area contributed by atoms with Crippen LogP contribution in [0.15, 0.2) is 49.2 Å². The van der Waals surface area contributed by atoms with Crippen LogP contribution in [0.25, 0.3) is 28.4 Å². The molecule has 0 spiro atoms. The van der Waals surface area contributed by atoms with E-state index >= 15 is 0 Å². The van der Waals surface area contributed by atoms with E-state index < -0.39 is 11.7 Å². The molecule has 1 amide bonds. The first-order chi connectivity index (χ1) is 16.2. The number of nitrogens with zero attached hydrogens (tertiary/aromatic N) is 5. The van der Waals surface area contributed by atoms with Gasteiger partial charge in [0, 0.05) is 34.9 Å². The van der Waals surface area contributed by atoms with Crippen molar-refractivity contribution in [3.8, 4) is 11.4 Å². The molecule has 1 aliphatic heterocycles. The van der Waals surface area contributed by atoms with Gasteiger partial charge >= 0.3 is 6.18 Å². The fourth-order valence-electron chi connectivity index (χ4n) is 4.30.